The average molecular weight is 236 g/mol. The first-order valence-electron chi connectivity index (χ1n) is 5.32. The molecule has 0 saturated heterocycles. The van der Waals surface area contributed by atoms with Crippen LogP contribution in [-0.4, -0.2) is 31.5 Å². The first-order valence-corrected chi connectivity index (χ1v) is 5.32. The largest absolute Gasteiger partial charge is 0.367 e. The van der Waals surface area contributed by atoms with Gasteiger partial charge >= 0.3 is 0 Å². The molecular weight excluding hydrogens is 223 g/mol. The number of hydrogen-bond donors (Lipinski definition) is 1. The highest BCUT2D eigenvalue weighted by molar-refractivity contribution is 5.36. The Bertz CT molecular complexity index is 470. The van der Waals surface area contributed by atoms with Crippen LogP contribution in [0.3, 0.4) is 0 Å². The highest BCUT2D eigenvalue weighted by Crippen LogP contribution is 2.11. The van der Waals surface area contributed by atoms with Crippen LogP contribution in [0.5, 0.6) is 0 Å². The fraction of sp³-hybridized carbons (Fsp3) is 0.400. The maximum atomic E-state index is 13.5. The van der Waals surface area contributed by atoms with E-state index in [2.05, 4.69) is 25.6 Å². The molecule has 0 amide bonds. The van der Waals surface area contributed by atoms with E-state index in [1.54, 1.807) is 24.0 Å². The van der Waals surface area contributed by atoms with Crippen LogP contribution < -0.4 is 5.32 Å². The Balaban J connectivity index is 1.80. The second-order valence-corrected chi connectivity index (χ2v) is 3.57. The van der Waals surface area contributed by atoms with Crippen molar-refractivity contribution in [2.75, 3.05) is 11.9 Å². The molecule has 2 rings (SSSR count). The molecule has 7 heteroatoms. The van der Waals surface area contributed by atoms with Gasteiger partial charge in [0.05, 0.1) is 11.9 Å². The molecule has 1 N–H and O–H groups in total. The molecular formula is C10H13FN6. The lowest BCUT2D eigenvalue weighted by Gasteiger charge is -2.06. The summed E-state index contributed by atoms with van der Waals surface area (Å²) in [5, 5.41) is 10.5. The highest BCUT2D eigenvalue weighted by atomic mass is 19.1. The van der Waals surface area contributed by atoms with Crippen LogP contribution in [0.15, 0.2) is 18.7 Å². The predicted molar refractivity (Wildman–Crippen MR) is 59.9 cm³/mol. The number of aryl methyl sites for hydroxylation is 2. The van der Waals surface area contributed by atoms with Crippen molar-refractivity contribution in [2.45, 2.75) is 19.9 Å². The number of aromatic nitrogens is 5. The Morgan fingerprint density at radius 1 is 1.41 bits per heavy atom. The molecule has 0 aliphatic heterocycles. The number of hydrogen-bond acceptors (Lipinski definition) is 5. The van der Waals surface area contributed by atoms with Gasteiger partial charge < -0.3 is 5.32 Å². The van der Waals surface area contributed by atoms with Gasteiger partial charge in [-0.05, 0) is 13.3 Å². The summed E-state index contributed by atoms with van der Waals surface area (Å²) in [6.45, 7) is 2.96. The van der Waals surface area contributed by atoms with Crippen LogP contribution in [-0.2, 0) is 6.54 Å². The summed E-state index contributed by atoms with van der Waals surface area (Å²) >= 11 is 0. The summed E-state index contributed by atoms with van der Waals surface area (Å²) in [6, 6.07) is 0. The Labute approximate surface area is 97.9 Å². The standard InChI is InChI=1S/C10H13FN6/c1-8-9(11)10(14-7-13-8)12-3-2-5-17-6-4-15-16-17/h4,6-7H,2-3,5H2,1H3,(H,12,13,14). The summed E-state index contributed by atoms with van der Waals surface area (Å²) < 4.78 is 15.2. The summed E-state index contributed by atoms with van der Waals surface area (Å²) in [7, 11) is 0. The average Bonchev–Trinajstić information content (AvgIpc) is 2.83. The van der Waals surface area contributed by atoms with Gasteiger partial charge in [-0.3, -0.25) is 4.68 Å². The van der Waals surface area contributed by atoms with E-state index in [0.717, 1.165) is 13.0 Å². The van der Waals surface area contributed by atoms with E-state index in [9.17, 15) is 4.39 Å². The minimum atomic E-state index is -0.395. The molecule has 0 aromatic carbocycles. The third-order valence-corrected chi connectivity index (χ3v) is 2.29. The lowest BCUT2D eigenvalue weighted by molar-refractivity contribution is 0.566. The topological polar surface area (TPSA) is 68.5 Å². The van der Waals surface area contributed by atoms with E-state index in [1.165, 1.54) is 6.33 Å². The molecule has 0 aliphatic rings. The van der Waals surface area contributed by atoms with Gasteiger partial charge in [0, 0.05) is 19.3 Å². The van der Waals surface area contributed by atoms with Gasteiger partial charge in [-0.25, -0.2) is 14.4 Å². The van der Waals surface area contributed by atoms with Crippen LogP contribution >= 0.6 is 0 Å². The summed E-state index contributed by atoms with van der Waals surface area (Å²) in [5.41, 5.74) is 0.346. The van der Waals surface area contributed by atoms with Crippen LogP contribution in [0.4, 0.5) is 10.2 Å². The van der Waals surface area contributed by atoms with E-state index >= 15 is 0 Å². The SMILES string of the molecule is Cc1ncnc(NCCCn2ccnn2)c1F. The van der Waals surface area contributed by atoms with Crippen LogP contribution in [0, 0.1) is 12.7 Å². The number of nitrogens with zero attached hydrogens (tertiary/aromatic N) is 5. The second-order valence-electron chi connectivity index (χ2n) is 3.57. The van der Waals surface area contributed by atoms with Gasteiger partial charge in [-0.1, -0.05) is 5.21 Å². The Morgan fingerprint density at radius 2 is 2.29 bits per heavy atom. The Morgan fingerprint density at radius 3 is 3.06 bits per heavy atom. The van der Waals surface area contributed by atoms with Gasteiger partial charge in [0.15, 0.2) is 11.6 Å². The van der Waals surface area contributed by atoms with Gasteiger partial charge in [0.25, 0.3) is 0 Å². The molecule has 2 heterocycles. The van der Waals surface area contributed by atoms with Crippen molar-refractivity contribution >= 4 is 5.82 Å². The predicted octanol–water partition coefficient (Wildman–Crippen LogP) is 1.02. The maximum absolute atomic E-state index is 13.5. The normalized spacial score (nSPS) is 10.5. The van der Waals surface area contributed by atoms with Crippen LogP contribution in [0.2, 0.25) is 0 Å². The van der Waals surface area contributed by atoms with Crippen molar-refractivity contribution in [3.05, 3.63) is 30.2 Å². The van der Waals surface area contributed by atoms with E-state index in [0.29, 0.717) is 12.2 Å². The molecule has 0 saturated carbocycles. The minimum absolute atomic E-state index is 0.246. The summed E-state index contributed by atoms with van der Waals surface area (Å²) in [5.74, 6) is -0.149. The molecule has 0 radical (unpaired) electrons. The number of anilines is 1. The first kappa shape index (κ1) is 11.4. The molecule has 0 unspecified atom stereocenters. The zero-order valence-electron chi connectivity index (χ0n) is 9.47. The molecule has 0 aliphatic carbocycles. The van der Waals surface area contributed by atoms with Gasteiger partial charge in [0.2, 0.25) is 0 Å². The van der Waals surface area contributed by atoms with Gasteiger partial charge in [-0.2, -0.15) is 0 Å². The van der Waals surface area contributed by atoms with Crippen LogP contribution in [0.25, 0.3) is 0 Å². The molecule has 0 atom stereocenters. The number of rotatable bonds is 5. The third-order valence-electron chi connectivity index (χ3n) is 2.29. The van der Waals surface area contributed by atoms with Crippen molar-refractivity contribution < 1.29 is 4.39 Å². The van der Waals surface area contributed by atoms with Gasteiger partial charge in [0.1, 0.15) is 6.33 Å². The zero-order chi connectivity index (χ0) is 12.1. The van der Waals surface area contributed by atoms with Crippen molar-refractivity contribution in [2.24, 2.45) is 0 Å². The molecule has 2 aromatic heterocycles. The van der Waals surface area contributed by atoms with Crippen LogP contribution in [0.1, 0.15) is 12.1 Å². The van der Waals surface area contributed by atoms with E-state index < -0.39 is 5.82 Å². The molecule has 2 aromatic rings. The third kappa shape index (κ3) is 2.96. The maximum Gasteiger partial charge on any atom is 0.186 e. The fourth-order valence-electron chi connectivity index (χ4n) is 1.38. The molecule has 0 bridgehead atoms. The van der Waals surface area contributed by atoms with E-state index in [4.69, 9.17) is 0 Å². The van der Waals surface area contributed by atoms with Gasteiger partial charge in [-0.15, -0.1) is 5.10 Å². The number of nitrogens with one attached hydrogen (secondary N) is 1. The monoisotopic (exact) mass is 236 g/mol. The smallest absolute Gasteiger partial charge is 0.186 e. The molecule has 0 spiro atoms. The Hall–Kier alpha value is -2.05. The quantitative estimate of drug-likeness (QED) is 0.785. The summed E-state index contributed by atoms with van der Waals surface area (Å²) in [4.78, 5) is 7.60. The first-order chi connectivity index (χ1) is 8.27. The Kier molecular flexibility index (Phi) is 3.59. The molecule has 0 fully saturated rings. The van der Waals surface area contributed by atoms with Crippen molar-refractivity contribution in [3.63, 3.8) is 0 Å². The molecule has 17 heavy (non-hydrogen) atoms. The lowest BCUT2D eigenvalue weighted by Crippen LogP contribution is -2.10. The van der Waals surface area contributed by atoms with Crippen molar-refractivity contribution in [1.82, 2.24) is 25.0 Å². The van der Waals surface area contributed by atoms with E-state index in [1.807, 2.05) is 0 Å². The number of halogens is 1. The van der Waals surface area contributed by atoms with E-state index in [-0.39, 0.29) is 5.82 Å². The second kappa shape index (κ2) is 5.33. The molecule has 90 valence electrons. The highest BCUT2D eigenvalue weighted by Gasteiger charge is 2.06. The lowest BCUT2D eigenvalue weighted by atomic mass is 10.3. The van der Waals surface area contributed by atoms with Crippen molar-refractivity contribution in [3.8, 4) is 0 Å². The fourth-order valence-corrected chi connectivity index (χ4v) is 1.38. The van der Waals surface area contributed by atoms with Crippen molar-refractivity contribution in [1.29, 1.82) is 0 Å². The zero-order valence-corrected chi connectivity index (χ0v) is 9.47. The minimum Gasteiger partial charge on any atom is -0.367 e. The summed E-state index contributed by atoms with van der Waals surface area (Å²) in [6.07, 6.45) is 5.57. The molecule has 6 nitrogen and oxygen atoms in total.